The summed E-state index contributed by atoms with van der Waals surface area (Å²) in [6.07, 6.45) is 1.61. The van der Waals surface area contributed by atoms with E-state index >= 15 is 0 Å². The van der Waals surface area contributed by atoms with Gasteiger partial charge in [-0.25, -0.2) is 18.1 Å². The molecular formula is C19H22N4O2S. The van der Waals surface area contributed by atoms with Crippen LogP contribution in [0.5, 0.6) is 0 Å². The van der Waals surface area contributed by atoms with Crippen molar-refractivity contribution in [1.29, 1.82) is 0 Å². The largest absolute Gasteiger partial charge is 0.276 e. The third kappa shape index (κ3) is 3.62. The molecule has 1 aromatic carbocycles. The highest BCUT2D eigenvalue weighted by molar-refractivity contribution is 7.92. The molecule has 0 saturated carbocycles. The van der Waals surface area contributed by atoms with E-state index in [9.17, 15) is 8.42 Å². The van der Waals surface area contributed by atoms with Crippen LogP contribution in [0.3, 0.4) is 0 Å². The van der Waals surface area contributed by atoms with Crippen LogP contribution in [0.2, 0.25) is 0 Å². The van der Waals surface area contributed by atoms with E-state index in [1.165, 1.54) is 0 Å². The van der Waals surface area contributed by atoms with E-state index in [1.807, 2.05) is 32.0 Å². The van der Waals surface area contributed by atoms with E-state index in [1.54, 1.807) is 35.1 Å². The van der Waals surface area contributed by atoms with Gasteiger partial charge in [-0.05, 0) is 55.7 Å². The first-order valence-corrected chi connectivity index (χ1v) is 9.87. The summed E-state index contributed by atoms with van der Waals surface area (Å²) in [7, 11) is -3.72. The van der Waals surface area contributed by atoms with E-state index in [4.69, 9.17) is 0 Å². The van der Waals surface area contributed by atoms with E-state index in [0.717, 1.165) is 17.0 Å². The predicted octanol–water partition coefficient (Wildman–Crippen LogP) is 3.81. The molecule has 0 spiro atoms. The van der Waals surface area contributed by atoms with Gasteiger partial charge in [-0.1, -0.05) is 26.0 Å². The number of aryl methyl sites for hydroxylation is 2. The van der Waals surface area contributed by atoms with Gasteiger partial charge in [-0.3, -0.25) is 4.72 Å². The first kappa shape index (κ1) is 18.1. The van der Waals surface area contributed by atoms with Crippen molar-refractivity contribution in [2.75, 3.05) is 4.72 Å². The SMILES string of the molecule is Cc1cc(C)n(-c2ncccc2NS(=O)(=O)c2ccc(C(C)C)cc2)n1. The van der Waals surface area contributed by atoms with Crippen LogP contribution < -0.4 is 4.72 Å². The van der Waals surface area contributed by atoms with Crippen LogP contribution in [0.1, 0.15) is 36.7 Å². The quantitative estimate of drug-likeness (QED) is 0.741. The average molecular weight is 370 g/mol. The number of benzene rings is 1. The lowest BCUT2D eigenvalue weighted by molar-refractivity contribution is 0.601. The molecule has 3 aromatic rings. The Bertz CT molecular complexity index is 1020. The normalized spacial score (nSPS) is 11.7. The molecule has 0 bridgehead atoms. The Balaban J connectivity index is 1.97. The van der Waals surface area contributed by atoms with Crippen LogP contribution in [-0.2, 0) is 10.0 Å². The van der Waals surface area contributed by atoms with Gasteiger partial charge in [0.15, 0.2) is 5.82 Å². The summed E-state index contributed by atoms with van der Waals surface area (Å²) in [5.41, 5.74) is 3.19. The highest BCUT2D eigenvalue weighted by Gasteiger charge is 2.18. The fourth-order valence-electron chi connectivity index (χ4n) is 2.72. The number of anilines is 1. The number of aromatic nitrogens is 3. The Morgan fingerprint density at radius 2 is 1.77 bits per heavy atom. The van der Waals surface area contributed by atoms with Gasteiger partial charge in [0.05, 0.1) is 16.3 Å². The number of sulfonamides is 1. The highest BCUT2D eigenvalue weighted by Crippen LogP contribution is 2.24. The maximum atomic E-state index is 12.8. The zero-order chi connectivity index (χ0) is 18.9. The lowest BCUT2D eigenvalue weighted by Crippen LogP contribution is -2.16. The van der Waals surface area contributed by atoms with Gasteiger partial charge in [0.2, 0.25) is 0 Å². The van der Waals surface area contributed by atoms with E-state index in [-0.39, 0.29) is 4.90 Å². The summed E-state index contributed by atoms with van der Waals surface area (Å²) in [5, 5.41) is 4.39. The molecule has 0 amide bonds. The zero-order valence-corrected chi connectivity index (χ0v) is 16.1. The molecule has 0 aliphatic rings. The van der Waals surface area contributed by atoms with Crippen LogP contribution in [0, 0.1) is 13.8 Å². The Kier molecular flexibility index (Phi) is 4.82. The van der Waals surface area contributed by atoms with Gasteiger partial charge in [0.25, 0.3) is 10.0 Å². The zero-order valence-electron chi connectivity index (χ0n) is 15.3. The number of pyridine rings is 1. The fraction of sp³-hybridized carbons (Fsp3) is 0.263. The van der Waals surface area contributed by atoms with Gasteiger partial charge in [0, 0.05) is 11.9 Å². The monoisotopic (exact) mass is 370 g/mol. The molecule has 6 nitrogen and oxygen atoms in total. The third-order valence-electron chi connectivity index (χ3n) is 4.10. The number of rotatable bonds is 5. The molecule has 0 aliphatic heterocycles. The second-order valence-electron chi connectivity index (χ2n) is 6.54. The Labute approximate surface area is 154 Å². The van der Waals surface area contributed by atoms with Crippen LogP contribution in [0.15, 0.2) is 53.6 Å². The van der Waals surface area contributed by atoms with Crippen molar-refractivity contribution in [3.05, 3.63) is 65.6 Å². The van der Waals surface area contributed by atoms with Gasteiger partial charge in [-0.15, -0.1) is 0 Å². The minimum Gasteiger partial charge on any atom is -0.276 e. The average Bonchev–Trinajstić information content (AvgIpc) is 2.93. The standard InChI is InChI=1S/C19H22N4O2S/c1-13(2)16-7-9-17(10-8-16)26(24,25)22-18-6-5-11-20-19(18)23-15(4)12-14(3)21-23/h5-13,22H,1-4H3. The van der Waals surface area contributed by atoms with Crippen molar-refractivity contribution < 1.29 is 8.42 Å². The minimum absolute atomic E-state index is 0.213. The van der Waals surface area contributed by atoms with Crippen molar-refractivity contribution in [2.24, 2.45) is 0 Å². The summed E-state index contributed by atoms with van der Waals surface area (Å²) >= 11 is 0. The fourth-order valence-corrected chi connectivity index (χ4v) is 3.79. The van der Waals surface area contributed by atoms with Crippen molar-refractivity contribution in [3.8, 4) is 5.82 Å². The summed E-state index contributed by atoms with van der Waals surface area (Å²) in [5.74, 6) is 0.788. The number of nitrogens with zero attached hydrogens (tertiary/aromatic N) is 3. The molecule has 0 atom stereocenters. The molecule has 7 heteroatoms. The molecule has 3 rings (SSSR count). The van der Waals surface area contributed by atoms with E-state index in [2.05, 4.69) is 28.7 Å². The molecule has 2 heterocycles. The van der Waals surface area contributed by atoms with Crippen LogP contribution in [-0.4, -0.2) is 23.2 Å². The molecule has 0 saturated heterocycles. The number of nitrogens with one attached hydrogen (secondary N) is 1. The van der Waals surface area contributed by atoms with Crippen LogP contribution >= 0.6 is 0 Å². The molecule has 0 aliphatic carbocycles. The second kappa shape index (κ2) is 6.92. The molecule has 26 heavy (non-hydrogen) atoms. The topological polar surface area (TPSA) is 76.9 Å². The highest BCUT2D eigenvalue weighted by atomic mass is 32.2. The van der Waals surface area contributed by atoms with Gasteiger partial charge in [-0.2, -0.15) is 5.10 Å². The Morgan fingerprint density at radius 1 is 1.08 bits per heavy atom. The number of hydrogen-bond donors (Lipinski definition) is 1. The maximum absolute atomic E-state index is 12.8. The first-order valence-electron chi connectivity index (χ1n) is 8.39. The van der Waals surface area contributed by atoms with Crippen molar-refractivity contribution >= 4 is 15.7 Å². The molecule has 1 N–H and O–H groups in total. The molecule has 0 unspecified atom stereocenters. The molecule has 0 radical (unpaired) electrons. The van der Waals surface area contributed by atoms with Crippen molar-refractivity contribution in [2.45, 2.75) is 38.5 Å². The first-order chi connectivity index (χ1) is 12.3. The van der Waals surface area contributed by atoms with Crippen LogP contribution in [0.25, 0.3) is 5.82 Å². The number of hydrogen-bond acceptors (Lipinski definition) is 4. The maximum Gasteiger partial charge on any atom is 0.262 e. The lowest BCUT2D eigenvalue weighted by atomic mass is 10.0. The van der Waals surface area contributed by atoms with E-state index < -0.39 is 10.0 Å². The Morgan fingerprint density at radius 3 is 2.35 bits per heavy atom. The van der Waals surface area contributed by atoms with Gasteiger partial charge in [0.1, 0.15) is 0 Å². The van der Waals surface area contributed by atoms with Gasteiger partial charge >= 0.3 is 0 Å². The summed E-state index contributed by atoms with van der Waals surface area (Å²) < 4.78 is 29.8. The van der Waals surface area contributed by atoms with Crippen molar-refractivity contribution in [3.63, 3.8) is 0 Å². The second-order valence-corrected chi connectivity index (χ2v) is 8.23. The molecular weight excluding hydrogens is 348 g/mol. The molecule has 2 aromatic heterocycles. The minimum atomic E-state index is -3.72. The summed E-state index contributed by atoms with van der Waals surface area (Å²) in [6, 6.07) is 12.2. The van der Waals surface area contributed by atoms with Crippen molar-refractivity contribution in [1.82, 2.24) is 14.8 Å². The Hall–Kier alpha value is -2.67. The molecule has 0 fully saturated rings. The summed E-state index contributed by atoms with van der Waals surface area (Å²) in [4.78, 5) is 4.52. The van der Waals surface area contributed by atoms with Crippen LogP contribution in [0.4, 0.5) is 5.69 Å². The predicted molar refractivity (Wildman–Crippen MR) is 102 cm³/mol. The third-order valence-corrected chi connectivity index (χ3v) is 5.48. The van der Waals surface area contributed by atoms with E-state index in [0.29, 0.717) is 17.4 Å². The van der Waals surface area contributed by atoms with Gasteiger partial charge < -0.3 is 0 Å². The molecule has 136 valence electrons. The smallest absolute Gasteiger partial charge is 0.262 e. The lowest BCUT2D eigenvalue weighted by Gasteiger charge is -2.13. The summed E-state index contributed by atoms with van der Waals surface area (Å²) in [6.45, 7) is 7.92.